The molecule has 6 nitrogen and oxygen atoms in total. The maximum atomic E-state index is 12.5. The van der Waals surface area contributed by atoms with Gasteiger partial charge in [0, 0.05) is 35.6 Å². The molecule has 0 atom stereocenters. The third-order valence-corrected chi connectivity index (χ3v) is 5.53. The van der Waals surface area contributed by atoms with Gasteiger partial charge in [-0.25, -0.2) is 4.79 Å². The lowest BCUT2D eigenvalue weighted by Crippen LogP contribution is -2.46. The number of nitrogens with zero attached hydrogens (tertiary/aromatic N) is 1. The van der Waals surface area contributed by atoms with Crippen LogP contribution in [0.2, 0.25) is 5.02 Å². The predicted molar refractivity (Wildman–Crippen MR) is 109 cm³/mol. The van der Waals surface area contributed by atoms with Crippen molar-refractivity contribution in [3.8, 4) is 5.75 Å². The Balaban J connectivity index is 1.35. The predicted octanol–water partition coefficient (Wildman–Crippen LogP) is 3.34. The zero-order valence-corrected chi connectivity index (χ0v) is 16.4. The first kappa shape index (κ1) is 19.5. The van der Waals surface area contributed by atoms with Crippen LogP contribution in [0, 0.1) is 0 Å². The van der Waals surface area contributed by atoms with Gasteiger partial charge in [-0.3, -0.25) is 4.79 Å². The fourth-order valence-corrected chi connectivity index (χ4v) is 3.67. The SMILES string of the molecule is O=C(COc1ccc2ccc(=O)oc2c1)N1CCC(O)(c2ccc(Cl)cc2)CC1. The molecule has 0 saturated carbocycles. The molecule has 1 amide bonds. The molecule has 2 heterocycles. The van der Waals surface area contributed by atoms with Gasteiger partial charge >= 0.3 is 5.63 Å². The number of fused-ring (bicyclic) bond motifs is 1. The summed E-state index contributed by atoms with van der Waals surface area (Å²) < 4.78 is 10.7. The number of benzene rings is 2. The fraction of sp³-hybridized carbons (Fsp3) is 0.273. The molecule has 0 radical (unpaired) electrons. The standard InChI is InChI=1S/C22H20ClNO5/c23-17-5-3-16(4-6-17)22(27)9-11-24(12-10-22)20(25)14-28-18-7-1-15-2-8-21(26)29-19(15)13-18/h1-8,13,27H,9-12,14H2. The second kappa shape index (κ2) is 7.89. The van der Waals surface area contributed by atoms with Crippen molar-refractivity contribution in [3.05, 3.63) is 75.6 Å². The lowest BCUT2D eigenvalue weighted by molar-refractivity contribution is -0.137. The molecule has 1 saturated heterocycles. The second-order valence-electron chi connectivity index (χ2n) is 7.16. The minimum atomic E-state index is -0.960. The molecule has 4 rings (SSSR count). The number of aliphatic hydroxyl groups is 1. The van der Waals surface area contributed by atoms with Gasteiger partial charge in [-0.15, -0.1) is 0 Å². The molecule has 1 aromatic heterocycles. The van der Waals surface area contributed by atoms with E-state index in [0.717, 1.165) is 10.9 Å². The smallest absolute Gasteiger partial charge is 0.336 e. The first-order chi connectivity index (χ1) is 13.9. The zero-order chi connectivity index (χ0) is 20.4. The van der Waals surface area contributed by atoms with Crippen LogP contribution in [0.3, 0.4) is 0 Å². The van der Waals surface area contributed by atoms with E-state index < -0.39 is 11.2 Å². The van der Waals surface area contributed by atoms with Crippen LogP contribution in [0.5, 0.6) is 5.75 Å². The monoisotopic (exact) mass is 413 g/mol. The van der Waals surface area contributed by atoms with Crippen LogP contribution in [0.4, 0.5) is 0 Å². The van der Waals surface area contributed by atoms with Crippen LogP contribution in [-0.4, -0.2) is 35.6 Å². The Morgan fingerprint density at radius 1 is 1.10 bits per heavy atom. The largest absolute Gasteiger partial charge is 0.484 e. The lowest BCUT2D eigenvalue weighted by atomic mass is 9.84. The minimum absolute atomic E-state index is 0.123. The number of piperidine rings is 1. The summed E-state index contributed by atoms with van der Waals surface area (Å²) in [4.78, 5) is 25.5. The molecule has 150 valence electrons. The molecule has 3 aromatic rings. The number of hydrogen-bond donors (Lipinski definition) is 1. The van der Waals surface area contributed by atoms with E-state index in [1.807, 2.05) is 12.1 Å². The van der Waals surface area contributed by atoms with Crippen molar-refractivity contribution in [1.29, 1.82) is 0 Å². The van der Waals surface area contributed by atoms with Gasteiger partial charge in [-0.1, -0.05) is 23.7 Å². The van der Waals surface area contributed by atoms with Crippen LogP contribution in [0.15, 0.2) is 63.8 Å². The number of ether oxygens (including phenoxy) is 1. The van der Waals surface area contributed by atoms with Crippen molar-refractivity contribution in [2.45, 2.75) is 18.4 Å². The molecule has 0 aliphatic carbocycles. The van der Waals surface area contributed by atoms with Crippen LogP contribution in [0.1, 0.15) is 18.4 Å². The van der Waals surface area contributed by atoms with Crippen molar-refractivity contribution >= 4 is 28.5 Å². The molecule has 2 aromatic carbocycles. The third kappa shape index (κ3) is 4.28. The number of hydrogen-bond acceptors (Lipinski definition) is 5. The quantitative estimate of drug-likeness (QED) is 0.663. The van der Waals surface area contributed by atoms with Crippen LogP contribution in [0.25, 0.3) is 11.0 Å². The van der Waals surface area contributed by atoms with E-state index in [2.05, 4.69) is 0 Å². The van der Waals surface area contributed by atoms with Crippen molar-refractivity contribution in [2.24, 2.45) is 0 Å². The summed E-state index contributed by atoms with van der Waals surface area (Å²) in [5, 5.41) is 12.3. The fourth-order valence-electron chi connectivity index (χ4n) is 3.54. The molecule has 0 bridgehead atoms. The normalized spacial score (nSPS) is 16.0. The van der Waals surface area contributed by atoms with Crippen LogP contribution < -0.4 is 10.4 Å². The van der Waals surface area contributed by atoms with Gasteiger partial charge in [0.15, 0.2) is 6.61 Å². The summed E-state index contributed by atoms with van der Waals surface area (Å²) in [6.45, 7) is 0.754. The molecule has 1 aliphatic heterocycles. The molecule has 1 fully saturated rings. The highest BCUT2D eigenvalue weighted by molar-refractivity contribution is 6.30. The number of rotatable bonds is 4. The zero-order valence-electron chi connectivity index (χ0n) is 15.6. The van der Waals surface area contributed by atoms with Gasteiger partial charge in [0.1, 0.15) is 11.3 Å². The Hall–Kier alpha value is -2.83. The van der Waals surface area contributed by atoms with Crippen molar-refractivity contribution < 1.29 is 19.1 Å². The number of carbonyl (C=O) groups is 1. The number of halogens is 1. The summed E-state index contributed by atoms with van der Waals surface area (Å²) in [5.74, 6) is 0.299. The highest BCUT2D eigenvalue weighted by Crippen LogP contribution is 2.33. The van der Waals surface area contributed by atoms with Gasteiger partial charge in [0.05, 0.1) is 5.60 Å². The highest BCUT2D eigenvalue weighted by atomic mass is 35.5. The summed E-state index contributed by atoms with van der Waals surface area (Å²) >= 11 is 5.92. The van der Waals surface area contributed by atoms with Crippen LogP contribution in [-0.2, 0) is 10.4 Å². The Morgan fingerprint density at radius 2 is 1.79 bits per heavy atom. The molecular weight excluding hydrogens is 394 g/mol. The molecule has 1 aliphatic rings. The summed E-state index contributed by atoms with van der Waals surface area (Å²) in [6, 6.07) is 15.3. The number of likely N-dealkylation sites (tertiary alicyclic amines) is 1. The Labute approximate surface area is 172 Å². The van der Waals surface area contributed by atoms with E-state index >= 15 is 0 Å². The number of amides is 1. The summed E-state index contributed by atoms with van der Waals surface area (Å²) in [7, 11) is 0. The van der Waals surface area contributed by atoms with Gasteiger partial charge in [-0.05, 0) is 48.7 Å². The maximum Gasteiger partial charge on any atom is 0.336 e. The van der Waals surface area contributed by atoms with E-state index in [0.29, 0.717) is 42.3 Å². The van der Waals surface area contributed by atoms with Gasteiger partial charge in [0.25, 0.3) is 5.91 Å². The maximum absolute atomic E-state index is 12.5. The minimum Gasteiger partial charge on any atom is -0.484 e. The van der Waals surface area contributed by atoms with Gasteiger partial charge < -0.3 is 19.2 Å². The van der Waals surface area contributed by atoms with Crippen molar-refractivity contribution in [1.82, 2.24) is 4.90 Å². The average Bonchev–Trinajstić information content (AvgIpc) is 2.72. The van der Waals surface area contributed by atoms with Crippen LogP contribution >= 0.6 is 11.6 Å². The van der Waals surface area contributed by atoms with E-state index in [4.69, 9.17) is 20.8 Å². The van der Waals surface area contributed by atoms with E-state index in [1.165, 1.54) is 6.07 Å². The van der Waals surface area contributed by atoms with Gasteiger partial charge in [0.2, 0.25) is 0 Å². The molecule has 1 N–H and O–H groups in total. The Morgan fingerprint density at radius 3 is 2.52 bits per heavy atom. The topological polar surface area (TPSA) is 80.0 Å². The lowest BCUT2D eigenvalue weighted by Gasteiger charge is -2.38. The summed E-state index contributed by atoms with van der Waals surface area (Å²) in [5.41, 5.74) is -0.179. The second-order valence-corrected chi connectivity index (χ2v) is 7.60. The van der Waals surface area contributed by atoms with E-state index in [9.17, 15) is 14.7 Å². The van der Waals surface area contributed by atoms with E-state index in [1.54, 1.807) is 41.3 Å². The summed E-state index contributed by atoms with van der Waals surface area (Å²) in [6.07, 6.45) is 0.892. The molecular formula is C22H20ClNO5. The van der Waals surface area contributed by atoms with Gasteiger partial charge in [-0.2, -0.15) is 0 Å². The highest BCUT2D eigenvalue weighted by Gasteiger charge is 2.35. The van der Waals surface area contributed by atoms with E-state index in [-0.39, 0.29) is 12.5 Å². The Bertz CT molecular complexity index is 1080. The molecule has 0 spiro atoms. The van der Waals surface area contributed by atoms with Crippen molar-refractivity contribution in [3.63, 3.8) is 0 Å². The first-order valence-electron chi connectivity index (χ1n) is 9.36. The molecule has 7 heteroatoms. The molecule has 29 heavy (non-hydrogen) atoms. The average molecular weight is 414 g/mol. The Kier molecular flexibility index (Phi) is 5.30. The first-order valence-corrected chi connectivity index (χ1v) is 9.74. The molecule has 0 unspecified atom stereocenters. The third-order valence-electron chi connectivity index (χ3n) is 5.28. The van der Waals surface area contributed by atoms with Crippen molar-refractivity contribution in [2.75, 3.05) is 19.7 Å². The number of carbonyl (C=O) groups excluding carboxylic acids is 1.